The maximum absolute atomic E-state index is 12.9. The fourth-order valence-corrected chi connectivity index (χ4v) is 4.39. The van der Waals surface area contributed by atoms with E-state index in [1.807, 2.05) is 6.92 Å². The van der Waals surface area contributed by atoms with Crippen molar-refractivity contribution < 1.29 is 24.5 Å². The van der Waals surface area contributed by atoms with Crippen molar-refractivity contribution in [2.75, 3.05) is 20.2 Å². The van der Waals surface area contributed by atoms with Crippen molar-refractivity contribution in [1.82, 2.24) is 4.90 Å². The van der Waals surface area contributed by atoms with Gasteiger partial charge in [-0.1, -0.05) is 13.3 Å². The molecule has 0 spiro atoms. The van der Waals surface area contributed by atoms with E-state index in [0.717, 1.165) is 19.3 Å². The predicted octanol–water partition coefficient (Wildman–Crippen LogP) is 2.19. The number of phenolic OH excluding ortho intramolecular Hbond substituents is 1. The van der Waals surface area contributed by atoms with Crippen LogP contribution in [0.4, 0.5) is 0 Å². The summed E-state index contributed by atoms with van der Waals surface area (Å²) in [4.78, 5) is 26.3. The average molecular weight is 347 g/mol. The lowest BCUT2D eigenvalue weighted by Crippen LogP contribution is -2.44. The molecule has 1 aliphatic carbocycles. The van der Waals surface area contributed by atoms with Gasteiger partial charge in [-0.05, 0) is 43.4 Å². The van der Waals surface area contributed by atoms with Gasteiger partial charge in [0.2, 0.25) is 0 Å². The monoisotopic (exact) mass is 347 g/mol. The third-order valence-electron chi connectivity index (χ3n) is 5.80. The Hall–Kier alpha value is -2.08. The number of benzene rings is 1. The number of hydrogen-bond donors (Lipinski definition) is 2. The lowest BCUT2D eigenvalue weighted by molar-refractivity contribution is -0.0609. The Labute approximate surface area is 147 Å². The number of nitrogens with zero attached hydrogens (tertiary/aromatic N) is 1. The molecular weight excluding hydrogens is 322 g/mol. The number of carbonyl (C=O) groups excluding carboxylic acids is 2. The zero-order valence-corrected chi connectivity index (χ0v) is 14.7. The average Bonchev–Trinajstić information content (AvgIpc) is 3.05. The summed E-state index contributed by atoms with van der Waals surface area (Å²) < 4.78 is 4.66. The first kappa shape index (κ1) is 17.7. The van der Waals surface area contributed by atoms with Gasteiger partial charge in [-0.2, -0.15) is 0 Å². The van der Waals surface area contributed by atoms with E-state index in [1.165, 1.54) is 25.3 Å². The van der Waals surface area contributed by atoms with Crippen LogP contribution in [0.1, 0.15) is 53.3 Å². The summed E-state index contributed by atoms with van der Waals surface area (Å²) >= 11 is 0. The van der Waals surface area contributed by atoms with Gasteiger partial charge in [-0.25, -0.2) is 4.79 Å². The largest absolute Gasteiger partial charge is 0.508 e. The maximum atomic E-state index is 12.9. The van der Waals surface area contributed by atoms with Gasteiger partial charge in [0, 0.05) is 24.6 Å². The normalized spacial score (nSPS) is 28.5. The van der Waals surface area contributed by atoms with E-state index in [0.29, 0.717) is 25.4 Å². The molecule has 1 saturated carbocycles. The summed E-state index contributed by atoms with van der Waals surface area (Å²) in [6, 6.07) is 4.09. The van der Waals surface area contributed by atoms with E-state index in [-0.39, 0.29) is 28.7 Å². The number of rotatable bonds is 3. The van der Waals surface area contributed by atoms with Crippen LogP contribution in [0, 0.1) is 11.8 Å². The van der Waals surface area contributed by atoms with Crippen LogP contribution in [-0.2, 0) is 4.74 Å². The second kappa shape index (κ2) is 6.67. The van der Waals surface area contributed by atoms with E-state index >= 15 is 0 Å². The van der Waals surface area contributed by atoms with Crippen molar-refractivity contribution in [1.29, 1.82) is 0 Å². The Kier molecular flexibility index (Phi) is 4.73. The number of likely N-dealkylation sites (tertiary alicyclic amines) is 1. The minimum Gasteiger partial charge on any atom is -0.508 e. The summed E-state index contributed by atoms with van der Waals surface area (Å²) in [6.45, 7) is 3.11. The van der Waals surface area contributed by atoms with Gasteiger partial charge in [-0.15, -0.1) is 0 Å². The SMILES string of the molecule is CC[C@]1(O)CCC[C@H]2CN(C(=O)c3cc(O)cc(C(=O)OC)c3)C[C@H]21. The molecule has 1 amide bonds. The number of methoxy groups -OCH3 is 1. The van der Waals surface area contributed by atoms with Gasteiger partial charge in [0.1, 0.15) is 5.75 Å². The molecule has 1 aliphatic heterocycles. The van der Waals surface area contributed by atoms with Crippen LogP contribution in [0.15, 0.2) is 18.2 Å². The maximum Gasteiger partial charge on any atom is 0.338 e. The number of amides is 1. The Morgan fingerprint density at radius 2 is 2.00 bits per heavy atom. The Balaban J connectivity index is 1.83. The van der Waals surface area contributed by atoms with Crippen LogP contribution in [0.2, 0.25) is 0 Å². The molecule has 0 radical (unpaired) electrons. The van der Waals surface area contributed by atoms with Gasteiger partial charge < -0.3 is 19.8 Å². The summed E-state index contributed by atoms with van der Waals surface area (Å²) in [6.07, 6.45) is 3.47. The molecule has 25 heavy (non-hydrogen) atoms. The lowest BCUT2D eigenvalue weighted by atomic mass is 9.69. The van der Waals surface area contributed by atoms with Crippen LogP contribution in [0.25, 0.3) is 0 Å². The molecule has 3 atom stereocenters. The van der Waals surface area contributed by atoms with Crippen LogP contribution in [0.5, 0.6) is 5.75 Å². The lowest BCUT2D eigenvalue weighted by Gasteiger charge is -2.40. The van der Waals surface area contributed by atoms with Crippen LogP contribution >= 0.6 is 0 Å². The third-order valence-corrected chi connectivity index (χ3v) is 5.80. The smallest absolute Gasteiger partial charge is 0.338 e. The zero-order valence-electron chi connectivity index (χ0n) is 14.7. The zero-order chi connectivity index (χ0) is 18.2. The number of aromatic hydroxyl groups is 1. The van der Waals surface area contributed by atoms with Gasteiger partial charge in [0.25, 0.3) is 5.91 Å². The molecule has 2 aliphatic rings. The number of esters is 1. The molecule has 1 aromatic carbocycles. The van der Waals surface area contributed by atoms with Crippen molar-refractivity contribution in [2.45, 2.75) is 38.2 Å². The second-order valence-corrected chi connectivity index (χ2v) is 7.19. The van der Waals surface area contributed by atoms with Crippen LogP contribution < -0.4 is 0 Å². The van der Waals surface area contributed by atoms with Gasteiger partial charge in [-0.3, -0.25) is 4.79 Å². The van der Waals surface area contributed by atoms with E-state index in [4.69, 9.17) is 0 Å². The number of carbonyl (C=O) groups is 2. The minimum atomic E-state index is -0.700. The molecule has 0 bridgehead atoms. The molecule has 136 valence electrons. The molecule has 6 heteroatoms. The first-order valence-corrected chi connectivity index (χ1v) is 8.82. The van der Waals surface area contributed by atoms with E-state index in [1.54, 1.807) is 4.90 Å². The fraction of sp³-hybridized carbons (Fsp3) is 0.579. The summed E-state index contributed by atoms with van der Waals surface area (Å²) in [5.74, 6) is -0.574. The van der Waals surface area contributed by atoms with Crippen molar-refractivity contribution in [3.8, 4) is 5.75 Å². The number of phenols is 1. The molecule has 0 aromatic heterocycles. The predicted molar refractivity (Wildman–Crippen MR) is 91.4 cm³/mol. The highest BCUT2D eigenvalue weighted by Crippen LogP contribution is 2.44. The molecule has 3 rings (SSSR count). The third kappa shape index (κ3) is 3.23. The summed E-state index contributed by atoms with van der Waals surface area (Å²) in [5, 5.41) is 20.7. The molecule has 1 aromatic rings. The standard InChI is InChI=1S/C19H25NO5/c1-3-19(24)6-4-5-12-10-20(11-16(12)19)17(22)13-7-14(18(23)25-2)9-15(21)8-13/h7-9,12,16,21,24H,3-6,10-11H2,1-2H3/t12-,16+,19-/m0/s1. The van der Waals surface area contributed by atoms with Gasteiger partial charge >= 0.3 is 5.97 Å². The number of hydrogen-bond acceptors (Lipinski definition) is 5. The molecule has 2 fully saturated rings. The molecule has 2 N–H and O–H groups in total. The molecular formula is C19H25NO5. The molecule has 0 unspecified atom stereocenters. The van der Waals surface area contributed by atoms with Crippen LogP contribution in [-0.4, -0.2) is 52.8 Å². The highest BCUT2D eigenvalue weighted by molar-refractivity contribution is 5.98. The quantitative estimate of drug-likeness (QED) is 0.819. The van der Waals surface area contributed by atoms with E-state index < -0.39 is 11.6 Å². The van der Waals surface area contributed by atoms with E-state index in [2.05, 4.69) is 4.74 Å². The fourth-order valence-electron chi connectivity index (χ4n) is 4.39. The topological polar surface area (TPSA) is 87.1 Å². The minimum absolute atomic E-state index is 0.0904. The van der Waals surface area contributed by atoms with Crippen molar-refractivity contribution >= 4 is 11.9 Å². The first-order valence-electron chi connectivity index (χ1n) is 8.82. The van der Waals surface area contributed by atoms with Gasteiger partial charge in [0.05, 0.1) is 18.3 Å². The molecule has 1 saturated heterocycles. The van der Waals surface area contributed by atoms with Crippen molar-refractivity contribution in [3.63, 3.8) is 0 Å². The number of fused-ring (bicyclic) bond motifs is 1. The van der Waals surface area contributed by atoms with Gasteiger partial charge in [0.15, 0.2) is 0 Å². The highest BCUT2D eigenvalue weighted by atomic mass is 16.5. The summed E-state index contributed by atoms with van der Waals surface area (Å²) in [7, 11) is 1.25. The number of aliphatic hydroxyl groups is 1. The summed E-state index contributed by atoms with van der Waals surface area (Å²) in [5.41, 5.74) is -0.292. The Bertz CT molecular complexity index is 688. The van der Waals surface area contributed by atoms with E-state index in [9.17, 15) is 19.8 Å². The number of ether oxygens (including phenoxy) is 1. The Morgan fingerprint density at radius 1 is 1.28 bits per heavy atom. The van der Waals surface area contributed by atoms with Crippen LogP contribution in [0.3, 0.4) is 0 Å². The highest BCUT2D eigenvalue weighted by Gasteiger charge is 2.48. The molecule has 1 heterocycles. The molecule has 6 nitrogen and oxygen atoms in total. The van der Waals surface area contributed by atoms with Crippen molar-refractivity contribution in [2.24, 2.45) is 11.8 Å². The first-order chi connectivity index (χ1) is 11.9. The van der Waals surface area contributed by atoms with Crippen molar-refractivity contribution in [3.05, 3.63) is 29.3 Å². The second-order valence-electron chi connectivity index (χ2n) is 7.19. The Morgan fingerprint density at radius 3 is 2.68 bits per heavy atom.